The van der Waals surface area contributed by atoms with Crippen LogP contribution in [0.4, 0.5) is 13.2 Å². The van der Waals surface area contributed by atoms with Crippen molar-refractivity contribution < 1.29 is 22.6 Å². The third-order valence-electron chi connectivity index (χ3n) is 8.31. The van der Waals surface area contributed by atoms with Crippen LogP contribution in [0.15, 0.2) is 72.4 Å². The average Bonchev–Trinajstić information content (AvgIpc) is 2.89. The molecule has 0 unspecified atom stereocenters. The van der Waals surface area contributed by atoms with Gasteiger partial charge in [0, 0.05) is 11.1 Å². The molecule has 0 saturated heterocycles. The van der Waals surface area contributed by atoms with Gasteiger partial charge in [-0.05, 0) is 86.8 Å². The van der Waals surface area contributed by atoms with E-state index in [1.807, 2.05) is 81.4 Å². The highest BCUT2D eigenvalue weighted by Crippen LogP contribution is 2.51. The summed E-state index contributed by atoms with van der Waals surface area (Å²) in [6.07, 6.45) is 1.77. The summed E-state index contributed by atoms with van der Waals surface area (Å²) in [4.78, 5) is 0. The molecule has 0 radical (unpaired) electrons. The van der Waals surface area contributed by atoms with Crippen LogP contribution in [0.2, 0.25) is 0 Å². The van der Waals surface area contributed by atoms with Gasteiger partial charge in [0.05, 0.1) is 0 Å². The fourth-order valence-electron chi connectivity index (χ4n) is 4.68. The maximum Gasteiger partial charge on any atom is 0.405 e. The van der Waals surface area contributed by atoms with Crippen molar-refractivity contribution in [3.63, 3.8) is 0 Å². The molecular formula is C36H49F3O2. The van der Waals surface area contributed by atoms with Crippen LogP contribution in [0.3, 0.4) is 0 Å². The second-order valence-corrected chi connectivity index (χ2v) is 12.6. The first-order chi connectivity index (χ1) is 19.0. The molecule has 0 aliphatic rings. The third-order valence-corrected chi connectivity index (χ3v) is 8.31. The second kappa shape index (κ2) is 13.4. The fourth-order valence-corrected chi connectivity index (χ4v) is 4.68. The summed E-state index contributed by atoms with van der Waals surface area (Å²) >= 11 is 0. The number of hydrogen-bond donors (Lipinski definition) is 0. The largest absolute Gasteiger partial charge is 0.489 e. The van der Waals surface area contributed by atoms with E-state index in [1.165, 1.54) is 12.1 Å². The van der Waals surface area contributed by atoms with Crippen molar-refractivity contribution in [2.45, 2.75) is 105 Å². The Morgan fingerprint density at radius 2 is 1.07 bits per heavy atom. The summed E-state index contributed by atoms with van der Waals surface area (Å²) in [6, 6.07) is 9.76. The van der Waals surface area contributed by atoms with Gasteiger partial charge in [-0.25, -0.2) is 0 Å². The monoisotopic (exact) mass is 570 g/mol. The van der Waals surface area contributed by atoms with Gasteiger partial charge in [-0.1, -0.05) is 83.0 Å². The lowest BCUT2D eigenvalue weighted by Crippen LogP contribution is -2.42. The quantitative estimate of drug-likeness (QED) is 0.223. The van der Waals surface area contributed by atoms with Crippen LogP contribution in [0.25, 0.3) is 0 Å². The first kappa shape index (κ1) is 34.3. The minimum absolute atomic E-state index is 0.115. The van der Waals surface area contributed by atoms with Crippen LogP contribution in [-0.4, -0.2) is 19.4 Å². The van der Waals surface area contributed by atoms with E-state index in [9.17, 15) is 0 Å². The Labute approximate surface area is 246 Å². The molecule has 2 rings (SSSR count). The van der Waals surface area contributed by atoms with Crippen LogP contribution in [0.1, 0.15) is 104 Å². The zero-order valence-electron chi connectivity index (χ0n) is 26.7. The van der Waals surface area contributed by atoms with E-state index in [0.29, 0.717) is 24.7 Å². The molecule has 0 spiro atoms. The molecule has 226 valence electrons. The summed E-state index contributed by atoms with van der Waals surface area (Å²) in [5.41, 5.74) is 0.686. The number of ether oxygens (including phenoxy) is 2. The molecule has 2 aromatic rings. The Balaban J connectivity index is 2.87. The molecule has 0 amide bonds. The SMILES string of the molecule is C=CC(c1ccc(OCC=C(C)C)c(C(C)(C)CC)c1)(c1ccc(OCC=C(C)C)c(C(C)(C)CC)c1)C(F)(F)F. The lowest BCUT2D eigenvalue weighted by Gasteiger charge is -2.37. The van der Waals surface area contributed by atoms with E-state index in [0.717, 1.165) is 41.2 Å². The second-order valence-electron chi connectivity index (χ2n) is 12.6. The lowest BCUT2D eigenvalue weighted by atomic mass is 9.70. The molecule has 0 N–H and O–H groups in total. The molecular weight excluding hydrogens is 521 g/mol. The predicted octanol–water partition coefficient (Wildman–Crippen LogP) is 10.8. The Kier molecular flexibility index (Phi) is 11.2. The highest BCUT2D eigenvalue weighted by molar-refractivity contribution is 5.55. The number of alkyl halides is 3. The van der Waals surface area contributed by atoms with Crippen LogP contribution >= 0.6 is 0 Å². The van der Waals surface area contributed by atoms with Crippen molar-refractivity contribution in [3.05, 3.63) is 94.6 Å². The Morgan fingerprint density at radius 3 is 1.34 bits per heavy atom. The average molecular weight is 571 g/mol. The Morgan fingerprint density at radius 1 is 0.707 bits per heavy atom. The van der Waals surface area contributed by atoms with Gasteiger partial charge in [0.2, 0.25) is 0 Å². The van der Waals surface area contributed by atoms with Crippen molar-refractivity contribution in [1.29, 1.82) is 0 Å². The van der Waals surface area contributed by atoms with Gasteiger partial charge in [-0.15, -0.1) is 6.58 Å². The van der Waals surface area contributed by atoms with E-state index in [2.05, 4.69) is 6.58 Å². The van der Waals surface area contributed by atoms with Gasteiger partial charge in [0.25, 0.3) is 0 Å². The highest BCUT2D eigenvalue weighted by atomic mass is 19.4. The standard InChI is InChI=1S/C36H49F3O2/c1-12-33(8,9)29-23-27(15-17-31(29)40-21-19-25(4)5)35(14-3,36(37,38)39)28-16-18-32(41-22-20-26(6)7)30(24-28)34(10,11)13-2/h14-20,23-24H,3,12-13,21-22H2,1-2,4-11H3. The first-order valence-electron chi connectivity index (χ1n) is 14.5. The van der Waals surface area contributed by atoms with Gasteiger partial charge in [0.15, 0.2) is 0 Å². The van der Waals surface area contributed by atoms with E-state index < -0.39 is 22.4 Å². The normalized spacial score (nSPS) is 12.5. The fraction of sp³-hybridized carbons (Fsp3) is 0.500. The molecule has 0 heterocycles. The molecule has 2 aromatic carbocycles. The zero-order valence-corrected chi connectivity index (χ0v) is 26.7. The molecule has 0 atom stereocenters. The molecule has 0 saturated carbocycles. The van der Waals surface area contributed by atoms with Crippen molar-refractivity contribution in [2.75, 3.05) is 13.2 Å². The van der Waals surface area contributed by atoms with E-state index in [1.54, 1.807) is 24.3 Å². The maximum atomic E-state index is 15.4. The smallest absolute Gasteiger partial charge is 0.405 e. The van der Waals surface area contributed by atoms with Gasteiger partial charge in [0.1, 0.15) is 30.1 Å². The van der Waals surface area contributed by atoms with Crippen molar-refractivity contribution in [2.24, 2.45) is 0 Å². The molecule has 0 aliphatic carbocycles. The summed E-state index contributed by atoms with van der Waals surface area (Å²) < 4.78 is 58.4. The molecule has 41 heavy (non-hydrogen) atoms. The molecule has 0 bridgehead atoms. The highest BCUT2D eigenvalue weighted by Gasteiger charge is 2.55. The maximum absolute atomic E-state index is 15.4. The summed E-state index contributed by atoms with van der Waals surface area (Å²) in [7, 11) is 0. The number of rotatable bonds is 13. The topological polar surface area (TPSA) is 18.5 Å². The third kappa shape index (κ3) is 7.67. The molecule has 5 heteroatoms. The zero-order chi connectivity index (χ0) is 31.2. The number of hydrogen-bond acceptors (Lipinski definition) is 2. The van der Waals surface area contributed by atoms with Crippen LogP contribution in [-0.2, 0) is 16.2 Å². The van der Waals surface area contributed by atoms with E-state index in [4.69, 9.17) is 9.47 Å². The predicted molar refractivity (Wildman–Crippen MR) is 166 cm³/mol. The number of halogens is 3. The molecule has 2 nitrogen and oxygen atoms in total. The van der Waals surface area contributed by atoms with Gasteiger partial charge < -0.3 is 9.47 Å². The van der Waals surface area contributed by atoms with Gasteiger partial charge >= 0.3 is 6.18 Å². The van der Waals surface area contributed by atoms with Crippen LogP contribution in [0.5, 0.6) is 11.5 Å². The van der Waals surface area contributed by atoms with Crippen LogP contribution < -0.4 is 9.47 Å². The summed E-state index contributed by atoms with van der Waals surface area (Å²) in [5, 5.41) is 0. The summed E-state index contributed by atoms with van der Waals surface area (Å²) in [5.74, 6) is 1.18. The van der Waals surface area contributed by atoms with Crippen molar-refractivity contribution in [3.8, 4) is 11.5 Å². The number of benzene rings is 2. The van der Waals surface area contributed by atoms with Crippen molar-refractivity contribution in [1.82, 2.24) is 0 Å². The number of allylic oxidation sites excluding steroid dienone is 3. The van der Waals surface area contributed by atoms with Crippen molar-refractivity contribution >= 4 is 0 Å². The van der Waals surface area contributed by atoms with Crippen LogP contribution in [0, 0.1) is 0 Å². The lowest BCUT2D eigenvalue weighted by molar-refractivity contribution is -0.164. The summed E-state index contributed by atoms with van der Waals surface area (Å²) in [6.45, 7) is 24.6. The van der Waals surface area contributed by atoms with E-state index >= 15 is 13.2 Å². The van der Waals surface area contributed by atoms with Gasteiger partial charge in [-0.2, -0.15) is 13.2 Å². The van der Waals surface area contributed by atoms with Gasteiger partial charge in [-0.3, -0.25) is 0 Å². The minimum Gasteiger partial charge on any atom is -0.489 e. The molecule has 0 aromatic heterocycles. The van der Waals surface area contributed by atoms with E-state index in [-0.39, 0.29) is 11.1 Å². The Hall–Kier alpha value is -2.95. The first-order valence-corrected chi connectivity index (χ1v) is 14.5. The molecule has 0 fully saturated rings. The minimum atomic E-state index is -4.65. The Bertz CT molecular complexity index is 1170. The molecule has 0 aliphatic heterocycles.